The van der Waals surface area contributed by atoms with E-state index in [1.165, 1.54) is 23.9 Å². The Morgan fingerprint density at radius 1 is 0.971 bits per heavy atom. The Hall–Kier alpha value is -3.36. The molecule has 0 saturated carbocycles. The zero-order chi connectivity index (χ0) is 25.2. The van der Waals surface area contributed by atoms with E-state index >= 15 is 0 Å². The lowest BCUT2D eigenvalue weighted by Crippen LogP contribution is -2.50. The number of nitro groups is 1. The molecule has 0 radical (unpaired) electrons. The fourth-order valence-corrected chi connectivity index (χ4v) is 4.56. The second kappa shape index (κ2) is 12.9. The van der Waals surface area contributed by atoms with Gasteiger partial charge in [-0.3, -0.25) is 19.7 Å². The summed E-state index contributed by atoms with van der Waals surface area (Å²) in [6, 6.07) is 22.4. The molecule has 1 atom stereocenters. The molecule has 0 spiro atoms. The third-order valence-electron chi connectivity index (χ3n) is 5.43. The minimum Gasteiger partial charge on any atom is -0.357 e. The summed E-state index contributed by atoms with van der Waals surface area (Å²) >= 11 is 7.42. The van der Waals surface area contributed by atoms with Crippen molar-refractivity contribution in [1.29, 1.82) is 0 Å². The average Bonchev–Trinajstić information content (AvgIpc) is 2.87. The zero-order valence-corrected chi connectivity index (χ0v) is 20.8. The molecule has 0 bridgehead atoms. The van der Waals surface area contributed by atoms with Gasteiger partial charge in [0.2, 0.25) is 11.8 Å². The quantitative estimate of drug-likeness (QED) is 0.293. The highest BCUT2D eigenvalue weighted by molar-refractivity contribution is 7.99. The molecule has 1 N–H and O–H groups in total. The van der Waals surface area contributed by atoms with E-state index in [2.05, 4.69) is 5.32 Å². The fraction of sp³-hybridized carbons (Fsp3) is 0.231. The summed E-state index contributed by atoms with van der Waals surface area (Å²) < 4.78 is 0. The normalized spacial score (nSPS) is 11.5. The van der Waals surface area contributed by atoms with Crippen LogP contribution in [0.3, 0.4) is 0 Å². The van der Waals surface area contributed by atoms with Crippen LogP contribution in [0.15, 0.2) is 78.9 Å². The predicted octanol–water partition coefficient (Wildman–Crippen LogP) is 4.87. The molecule has 35 heavy (non-hydrogen) atoms. The standard InChI is InChI=1S/C26H26ClN3O4S/c1-28-26(32)24(15-19-5-3-2-4-6-19)29(16-20-7-11-22(27)12-8-20)25(31)18-35-17-21-9-13-23(14-10-21)30(33)34/h2-14,24H,15-18H2,1H3,(H,28,32). The topological polar surface area (TPSA) is 92.6 Å². The monoisotopic (exact) mass is 511 g/mol. The van der Waals surface area contributed by atoms with E-state index in [0.717, 1.165) is 16.7 Å². The van der Waals surface area contributed by atoms with Crippen LogP contribution in [-0.4, -0.2) is 40.5 Å². The first-order valence-electron chi connectivity index (χ1n) is 11.0. The molecule has 0 aliphatic heterocycles. The number of nitro benzene ring substituents is 1. The molecular formula is C26H26ClN3O4S. The van der Waals surface area contributed by atoms with Crippen LogP contribution >= 0.6 is 23.4 Å². The summed E-state index contributed by atoms with van der Waals surface area (Å²) in [6.07, 6.45) is 0.382. The number of non-ortho nitro benzene ring substituents is 1. The van der Waals surface area contributed by atoms with Crippen molar-refractivity contribution in [2.45, 2.75) is 24.8 Å². The summed E-state index contributed by atoms with van der Waals surface area (Å²) in [5.74, 6) is 0.266. The van der Waals surface area contributed by atoms with Crippen LogP contribution in [-0.2, 0) is 28.3 Å². The summed E-state index contributed by atoms with van der Waals surface area (Å²) in [5.41, 5.74) is 2.72. The van der Waals surface area contributed by atoms with E-state index in [1.807, 2.05) is 42.5 Å². The largest absolute Gasteiger partial charge is 0.357 e. The van der Waals surface area contributed by atoms with E-state index in [4.69, 9.17) is 11.6 Å². The second-order valence-corrected chi connectivity index (χ2v) is 9.31. The molecule has 0 fully saturated rings. The van der Waals surface area contributed by atoms with Gasteiger partial charge in [-0.25, -0.2) is 0 Å². The van der Waals surface area contributed by atoms with Crippen LogP contribution in [0.2, 0.25) is 5.02 Å². The van der Waals surface area contributed by atoms with Crippen LogP contribution in [0.5, 0.6) is 0 Å². The number of nitrogens with zero attached hydrogens (tertiary/aromatic N) is 2. The van der Waals surface area contributed by atoms with Gasteiger partial charge in [-0.05, 0) is 28.8 Å². The molecule has 7 nitrogen and oxygen atoms in total. The van der Waals surface area contributed by atoms with Gasteiger partial charge in [0.15, 0.2) is 0 Å². The van der Waals surface area contributed by atoms with Crippen LogP contribution < -0.4 is 5.32 Å². The second-order valence-electron chi connectivity index (χ2n) is 7.88. The molecule has 0 heterocycles. The first-order chi connectivity index (χ1) is 16.9. The van der Waals surface area contributed by atoms with Gasteiger partial charge >= 0.3 is 0 Å². The highest BCUT2D eigenvalue weighted by Crippen LogP contribution is 2.20. The van der Waals surface area contributed by atoms with Crippen molar-refractivity contribution in [3.63, 3.8) is 0 Å². The number of likely N-dealkylation sites (N-methyl/N-ethyl adjacent to an activating group) is 1. The van der Waals surface area contributed by atoms with Crippen LogP contribution in [0.4, 0.5) is 5.69 Å². The van der Waals surface area contributed by atoms with E-state index < -0.39 is 11.0 Å². The van der Waals surface area contributed by atoms with Crippen molar-refractivity contribution >= 4 is 40.9 Å². The number of nitrogens with one attached hydrogen (secondary N) is 1. The number of benzene rings is 3. The molecule has 3 aromatic rings. The third kappa shape index (κ3) is 7.83. The van der Waals surface area contributed by atoms with Gasteiger partial charge in [0.1, 0.15) is 6.04 Å². The number of carbonyl (C=O) groups excluding carboxylic acids is 2. The SMILES string of the molecule is CNC(=O)C(Cc1ccccc1)N(Cc1ccc(Cl)cc1)C(=O)CSCc1ccc([N+](=O)[O-])cc1. The maximum atomic E-state index is 13.4. The highest BCUT2D eigenvalue weighted by atomic mass is 35.5. The van der Waals surface area contributed by atoms with Crippen LogP contribution in [0.25, 0.3) is 0 Å². The Bertz CT molecular complexity index is 1140. The van der Waals surface area contributed by atoms with Gasteiger partial charge in [-0.1, -0.05) is 66.2 Å². The van der Waals surface area contributed by atoms with Crippen molar-refractivity contribution in [2.75, 3.05) is 12.8 Å². The molecule has 9 heteroatoms. The molecule has 2 amide bonds. The number of thioether (sulfide) groups is 1. The van der Waals surface area contributed by atoms with E-state index in [1.54, 1.807) is 36.2 Å². The van der Waals surface area contributed by atoms with Crippen LogP contribution in [0, 0.1) is 10.1 Å². The molecule has 0 aliphatic carbocycles. The van der Waals surface area contributed by atoms with Gasteiger partial charge in [-0.15, -0.1) is 11.8 Å². The number of halogens is 1. The van der Waals surface area contributed by atoms with Gasteiger partial charge in [0.05, 0.1) is 10.7 Å². The summed E-state index contributed by atoms with van der Waals surface area (Å²) in [4.78, 5) is 38.3. The lowest BCUT2D eigenvalue weighted by Gasteiger charge is -2.31. The Morgan fingerprint density at radius 2 is 1.60 bits per heavy atom. The van der Waals surface area contributed by atoms with Gasteiger partial charge in [0, 0.05) is 42.9 Å². The minimum absolute atomic E-state index is 0.0262. The number of amides is 2. The van der Waals surface area contributed by atoms with Crippen molar-refractivity contribution in [3.05, 3.63) is 111 Å². The van der Waals surface area contributed by atoms with Crippen molar-refractivity contribution < 1.29 is 14.5 Å². The maximum absolute atomic E-state index is 13.4. The summed E-state index contributed by atoms with van der Waals surface area (Å²) in [6.45, 7) is 0.263. The van der Waals surface area contributed by atoms with Gasteiger partial charge < -0.3 is 10.2 Å². The zero-order valence-electron chi connectivity index (χ0n) is 19.2. The third-order valence-corrected chi connectivity index (χ3v) is 6.67. The van der Waals surface area contributed by atoms with Crippen LogP contribution in [0.1, 0.15) is 16.7 Å². The molecule has 0 saturated heterocycles. The van der Waals surface area contributed by atoms with Gasteiger partial charge in [0.25, 0.3) is 5.69 Å². The van der Waals surface area contributed by atoms with E-state index in [9.17, 15) is 19.7 Å². The molecule has 3 aromatic carbocycles. The molecule has 1 unspecified atom stereocenters. The smallest absolute Gasteiger partial charge is 0.269 e. The van der Waals surface area contributed by atoms with Gasteiger partial charge in [-0.2, -0.15) is 0 Å². The van der Waals surface area contributed by atoms with E-state index in [0.29, 0.717) is 17.2 Å². The summed E-state index contributed by atoms with van der Waals surface area (Å²) in [7, 11) is 1.56. The lowest BCUT2D eigenvalue weighted by atomic mass is 10.0. The molecule has 182 valence electrons. The molecular weight excluding hydrogens is 486 g/mol. The number of hydrogen-bond donors (Lipinski definition) is 1. The first kappa shape index (κ1) is 26.2. The molecule has 0 aromatic heterocycles. The molecule has 0 aliphatic rings. The van der Waals surface area contributed by atoms with E-state index in [-0.39, 0.29) is 29.8 Å². The number of carbonyl (C=O) groups is 2. The fourth-order valence-electron chi connectivity index (χ4n) is 3.56. The van der Waals surface area contributed by atoms with Crippen molar-refractivity contribution in [3.8, 4) is 0 Å². The summed E-state index contributed by atoms with van der Waals surface area (Å²) in [5, 5.41) is 14.1. The predicted molar refractivity (Wildman–Crippen MR) is 139 cm³/mol. The highest BCUT2D eigenvalue weighted by Gasteiger charge is 2.29. The Morgan fingerprint density at radius 3 is 2.20 bits per heavy atom. The Labute approximate surface area is 213 Å². The van der Waals surface area contributed by atoms with Crippen molar-refractivity contribution in [2.24, 2.45) is 0 Å². The Kier molecular flexibility index (Phi) is 9.69. The lowest BCUT2D eigenvalue weighted by molar-refractivity contribution is -0.384. The first-order valence-corrected chi connectivity index (χ1v) is 12.5. The number of rotatable bonds is 11. The molecule has 3 rings (SSSR count). The maximum Gasteiger partial charge on any atom is 0.269 e. The minimum atomic E-state index is -0.689. The van der Waals surface area contributed by atoms with Crippen molar-refractivity contribution in [1.82, 2.24) is 10.2 Å². The average molecular weight is 512 g/mol. The Balaban J connectivity index is 1.77. The number of hydrogen-bond acceptors (Lipinski definition) is 5.